The quantitative estimate of drug-likeness (QED) is 0.249. The molecule has 1 aromatic heterocycles. The maximum atomic E-state index is 13.2. The van der Waals surface area contributed by atoms with Gasteiger partial charge in [0.2, 0.25) is 0 Å². The number of fused-ring (bicyclic) bond motifs is 3. The van der Waals surface area contributed by atoms with Crippen molar-refractivity contribution in [3.63, 3.8) is 0 Å². The molecule has 0 aliphatic heterocycles. The Bertz CT molecular complexity index is 1160. The zero-order chi connectivity index (χ0) is 20.1. The lowest BCUT2D eigenvalue weighted by molar-refractivity contribution is -0.143. The first-order valence-corrected chi connectivity index (χ1v) is 8.22. The zero-order valence-electron chi connectivity index (χ0n) is 14.1. The first-order chi connectivity index (χ1) is 13.1. The molecular formula is C21H11F6N. The molecule has 0 aliphatic carbocycles. The average molecular weight is 391 g/mol. The van der Waals surface area contributed by atoms with Crippen molar-refractivity contribution in [2.45, 2.75) is 12.4 Å². The second-order valence-electron chi connectivity index (χ2n) is 6.32. The van der Waals surface area contributed by atoms with Crippen molar-refractivity contribution in [2.75, 3.05) is 0 Å². The van der Waals surface area contributed by atoms with Gasteiger partial charge in [-0.1, -0.05) is 42.5 Å². The number of para-hydroxylation sites is 1. The van der Waals surface area contributed by atoms with Crippen LogP contribution in [-0.4, -0.2) is 4.98 Å². The highest BCUT2D eigenvalue weighted by atomic mass is 19.4. The van der Waals surface area contributed by atoms with E-state index in [2.05, 4.69) is 4.98 Å². The van der Waals surface area contributed by atoms with Crippen LogP contribution in [0.3, 0.4) is 0 Å². The lowest BCUT2D eigenvalue weighted by Crippen LogP contribution is -2.11. The summed E-state index contributed by atoms with van der Waals surface area (Å²) in [6.07, 6.45) is -9.83. The molecule has 4 rings (SSSR count). The Morgan fingerprint density at radius 1 is 0.571 bits per heavy atom. The van der Waals surface area contributed by atoms with Gasteiger partial charge in [-0.3, -0.25) is 0 Å². The molecule has 0 aliphatic rings. The summed E-state index contributed by atoms with van der Waals surface area (Å²) in [7, 11) is 0. The molecule has 0 unspecified atom stereocenters. The van der Waals surface area contributed by atoms with Crippen LogP contribution in [0.25, 0.3) is 32.9 Å². The second kappa shape index (κ2) is 6.22. The summed E-state index contributed by atoms with van der Waals surface area (Å²) in [5.74, 6) is 0. The third-order valence-corrected chi connectivity index (χ3v) is 4.47. The van der Waals surface area contributed by atoms with Gasteiger partial charge in [0.25, 0.3) is 0 Å². The standard InChI is InChI=1S/C21H11F6N/c22-20(23,24)13-9-12(10-14(11-13)21(25,26)27)19-17-7-2-1-5-15(17)16-6-3-4-8-18(16)28-19/h1-11H. The Balaban J connectivity index is 2.09. The molecule has 3 aromatic carbocycles. The fraction of sp³-hybridized carbons (Fsp3) is 0.0952. The number of rotatable bonds is 1. The molecule has 0 saturated carbocycles. The van der Waals surface area contributed by atoms with Crippen LogP contribution >= 0.6 is 0 Å². The summed E-state index contributed by atoms with van der Waals surface area (Å²) < 4.78 is 79.4. The van der Waals surface area contributed by atoms with Crippen LogP contribution in [0.2, 0.25) is 0 Å². The molecule has 7 heteroatoms. The van der Waals surface area contributed by atoms with E-state index < -0.39 is 23.5 Å². The van der Waals surface area contributed by atoms with Crippen LogP contribution in [0.4, 0.5) is 26.3 Å². The summed E-state index contributed by atoms with van der Waals surface area (Å²) in [5.41, 5.74) is -2.40. The Morgan fingerprint density at radius 3 is 1.64 bits per heavy atom. The summed E-state index contributed by atoms with van der Waals surface area (Å²) >= 11 is 0. The van der Waals surface area contributed by atoms with Gasteiger partial charge in [-0.15, -0.1) is 0 Å². The Kier molecular flexibility index (Phi) is 4.06. The number of hydrogen-bond donors (Lipinski definition) is 0. The molecule has 0 N–H and O–H groups in total. The summed E-state index contributed by atoms with van der Waals surface area (Å²) in [4.78, 5) is 4.39. The molecule has 0 bridgehead atoms. The van der Waals surface area contributed by atoms with Crippen LogP contribution in [0.15, 0.2) is 66.7 Å². The second-order valence-corrected chi connectivity index (χ2v) is 6.32. The largest absolute Gasteiger partial charge is 0.416 e. The summed E-state index contributed by atoms with van der Waals surface area (Å²) in [5, 5.41) is 1.95. The van der Waals surface area contributed by atoms with Gasteiger partial charge in [0, 0.05) is 16.3 Å². The van der Waals surface area contributed by atoms with Crippen molar-refractivity contribution in [2.24, 2.45) is 0 Å². The Hall–Kier alpha value is -3.09. The van der Waals surface area contributed by atoms with Gasteiger partial charge in [-0.05, 0) is 29.7 Å². The number of halogens is 6. The normalized spacial score (nSPS) is 12.6. The molecule has 4 aromatic rings. The predicted molar refractivity (Wildman–Crippen MR) is 94.7 cm³/mol. The number of hydrogen-bond acceptors (Lipinski definition) is 1. The van der Waals surface area contributed by atoms with E-state index in [1.54, 1.807) is 42.5 Å². The number of aromatic nitrogens is 1. The lowest BCUT2D eigenvalue weighted by atomic mass is 9.97. The minimum absolute atomic E-state index is 0.0749. The SMILES string of the molecule is FC(F)(F)c1cc(-c2nc3ccccc3c3ccccc23)cc(C(F)(F)F)c1. The van der Waals surface area contributed by atoms with Crippen molar-refractivity contribution >= 4 is 21.7 Å². The topological polar surface area (TPSA) is 12.9 Å². The van der Waals surface area contributed by atoms with E-state index in [-0.39, 0.29) is 17.3 Å². The molecule has 142 valence electrons. The molecular weight excluding hydrogens is 380 g/mol. The molecule has 1 nitrogen and oxygen atoms in total. The third kappa shape index (κ3) is 3.17. The molecule has 0 atom stereocenters. The molecule has 28 heavy (non-hydrogen) atoms. The maximum Gasteiger partial charge on any atom is 0.416 e. The number of benzene rings is 3. The fourth-order valence-electron chi connectivity index (χ4n) is 3.22. The monoisotopic (exact) mass is 391 g/mol. The van der Waals surface area contributed by atoms with Gasteiger partial charge in [-0.2, -0.15) is 26.3 Å². The van der Waals surface area contributed by atoms with E-state index in [1.165, 1.54) is 0 Å². The average Bonchev–Trinajstić information content (AvgIpc) is 2.65. The molecule has 0 radical (unpaired) electrons. The minimum atomic E-state index is -4.91. The van der Waals surface area contributed by atoms with Gasteiger partial charge in [-0.25, -0.2) is 4.98 Å². The number of pyridine rings is 1. The van der Waals surface area contributed by atoms with Crippen LogP contribution in [0.5, 0.6) is 0 Å². The molecule has 0 spiro atoms. The first-order valence-electron chi connectivity index (χ1n) is 8.22. The van der Waals surface area contributed by atoms with Crippen molar-refractivity contribution in [1.29, 1.82) is 0 Å². The van der Waals surface area contributed by atoms with Gasteiger partial charge >= 0.3 is 12.4 Å². The first kappa shape index (κ1) is 18.3. The van der Waals surface area contributed by atoms with Crippen molar-refractivity contribution in [1.82, 2.24) is 4.98 Å². The van der Waals surface area contributed by atoms with Crippen molar-refractivity contribution in [3.05, 3.63) is 77.9 Å². The van der Waals surface area contributed by atoms with Gasteiger partial charge in [0.05, 0.1) is 22.3 Å². The maximum absolute atomic E-state index is 13.2. The van der Waals surface area contributed by atoms with E-state index in [0.29, 0.717) is 28.4 Å². The van der Waals surface area contributed by atoms with Crippen molar-refractivity contribution < 1.29 is 26.3 Å². The van der Waals surface area contributed by atoms with Crippen LogP contribution in [0, 0.1) is 0 Å². The Labute approximate surface area is 155 Å². The highest BCUT2D eigenvalue weighted by molar-refractivity contribution is 6.10. The van der Waals surface area contributed by atoms with E-state index in [4.69, 9.17) is 0 Å². The summed E-state index contributed by atoms with van der Waals surface area (Å²) in [6.45, 7) is 0. The smallest absolute Gasteiger partial charge is 0.247 e. The minimum Gasteiger partial charge on any atom is -0.247 e. The molecule has 0 fully saturated rings. The highest BCUT2D eigenvalue weighted by Crippen LogP contribution is 2.40. The zero-order valence-corrected chi connectivity index (χ0v) is 14.1. The van der Waals surface area contributed by atoms with E-state index in [1.807, 2.05) is 6.07 Å². The molecule has 1 heterocycles. The van der Waals surface area contributed by atoms with E-state index in [0.717, 1.165) is 5.39 Å². The Morgan fingerprint density at radius 2 is 1.07 bits per heavy atom. The van der Waals surface area contributed by atoms with E-state index in [9.17, 15) is 26.3 Å². The van der Waals surface area contributed by atoms with Gasteiger partial charge in [0.15, 0.2) is 0 Å². The number of alkyl halides is 6. The van der Waals surface area contributed by atoms with Crippen molar-refractivity contribution in [3.8, 4) is 11.3 Å². The molecule has 0 amide bonds. The van der Waals surface area contributed by atoms with Crippen LogP contribution < -0.4 is 0 Å². The predicted octanol–water partition coefficient (Wildman–Crippen LogP) is 7.09. The lowest BCUT2D eigenvalue weighted by Gasteiger charge is -2.15. The molecule has 0 saturated heterocycles. The van der Waals surface area contributed by atoms with Crippen LogP contribution in [0.1, 0.15) is 11.1 Å². The third-order valence-electron chi connectivity index (χ3n) is 4.47. The fourth-order valence-corrected chi connectivity index (χ4v) is 3.22. The summed E-state index contributed by atoms with van der Waals surface area (Å²) in [6, 6.07) is 15.3. The van der Waals surface area contributed by atoms with E-state index >= 15 is 0 Å². The van der Waals surface area contributed by atoms with Gasteiger partial charge < -0.3 is 0 Å². The number of nitrogens with zero attached hydrogens (tertiary/aromatic N) is 1. The van der Waals surface area contributed by atoms with Crippen LogP contribution in [-0.2, 0) is 12.4 Å². The van der Waals surface area contributed by atoms with Gasteiger partial charge in [0.1, 0.15) is 0 Å². The highest BCUT2D eigenvalue weighted by Gasteiger charge is 2.37.